The SMILES string of the molecule is COc1cc(CN(C)Cc2nc3ccccc3c(=O)[nH]2)ccc1OC(F)F. The molecule has 0 radical (unpaired) electrons. The lowest BCUT2D eigenvalue weighted by molar-refractivity contribution is -0.0512. The van der Waals surface area contributed by atoms with Gasteiger partial charge in [-0.05, 0) is 36.9 Å². The summed E-state index contributed by atoms with van der Waals surface area (Å²) < 4.78 is 34.4. The van der Waals surface area contributed by atoms with Crippen LogP contribution in [0.3, 0.4) is 0 Å². The molecule has 142 valence electrons. The van der Waals surface area contributed by atoms with E-state index in [1.807, 2.05) is 18.0 Å². The Morgan fingerprint density at radius 1 is 1.15 bits per heavy atom. The molecule has 0 aliphatic heterocycles. The van der Waals surface area contributed by atoms with E-state index < -0.39 is 6.61 Å². The van der Waals surface area contributed by atoms with E-state index in [0.29, 0.717) is 29.8 Å². The van der Waals surface area contributed by atoms with Gasteiger partial charge in [-0.2, -0.15) is 8.78 Å². The van der Waals surface area contributed by atoms with Crippen molar-refractivity contribution < 1.29 is 18.3 Å². The van der Waals surface area contributed by atoms with Gasteiger partial charge in [0, 0.05) is 6.54 Å². The average Bonchev–Trinajstić information content (AvgIpc) is 2.62. The Morgan fingerprint density at radius 2 is 1.93 bits per heavy atom. The Hall–Kier alpha value is -3.00. The summed E-state index contributed by atoms with van der Waals surface area (Å²) in [4.78, 5) is 21.3. The van der Waals surface area contributed by atoms with Crippen molar-refractivity contribution >= 4 is 10.9 Å². The third-order valence-electron chi connectivity index (χ3n) is 3.98. The molecule has 0 amide bonds. The monoisotopic (exact) mass is 375 g/mol. The Morgan fingerprint density at radius 3 is 2.67 bits per heavy atom. The molecule has 3 aromatic rings. The second-order valence-electron chi connectivity index (χ2n) is 6.07. The van der Waals surface area contributed by atoms with Crippen LogP contribution in [0.4, 0.5) is 8.78 Å². The standard InChI is InChI=1S/C19H19F2N3O3/c1-24(10-12-7-8-15(27-19(20)21)16(9-12)26-2)11-17-22-14-6-4-3-5-13(14)18(25)23-17/h3-9,19H,10-11H2,1-2H3,(H,22,23,25). The van der Waals surface area contributed by atoms with Gasteiger partial charge in [0.15, 0.2) is 11.5 Å². The van der Waals surface area contributed by atoms with Gasteiger partial charge < -0.3 is 14.5 Å². The minimum Gasteiger partial charge on any atom is -0.493 e. The van der Waals surface area contributed by atoms with E-state index in [1.165, 1.54) is 13.2 Å². The molecule has 0 atom stereocenters. The number of rotatable bonds is 7. The number of H-pyrrole nitrogens is 1. The van der Waals surface area contributed by atoms with Crippen LogP contribution < -0.4 is 15.0 Å². The highest BCUT2D eigenvalue weighted by Gasteiger charge is 2.12. The van der Waals surface area contributed by atoms with Crippen LogP contribution in [-0.4, -0.2) is 35.6 Å². The van der Waals surface area contributed by atoms with Crippen molar-refractivity contribution in [2.45, 2.75) is 19.7 Å². The first-order valence-corrected chi connectivity index (χ1v) is 8.24. The molecule has 6 nitrogen and oxygen atoms in total. The van der Waals surface area contributed by atoms with Crippen LogP contribution in [0.2, 0.25) is 0 Å². The molecule has 1 heterocycles. The van der Waals surface area contributed by atoms with Crippen molar-refractivity contribution in [3.05, 3.63) is 64.2 Å². The van der Waals surface area contributed by atoms with Crippen molar-refractivity contribution in [2.75, 3.05) is 14.2 Å². The number of ether oxygens (including phenoxy) is 2. The number of hydrogen-bond donors (Lipinski definition) is 1. The summed E-state index contributed by atoms with van der Waals surface area (Å²) in [6, 6.07) is 11.9. The fourth-order valence-corrected chi connectivity index (χ4v) is 2.84. The molecular weight excluding hydrogens is 356 g/mol. The van der Waals surface area contributed by atoms with Crippen LogP contribution in [0.25, 0.3) is 10.9 Å². The van der Waals surface area contributed by atoms with Gasteiger partial charge in [-0.25, -0.2) is 4.98 Å². The van der Waals surface area contributed by atoms with E-state index in [-0.39, 0.29) is 17.1 Å². The van der Waals surface area contributed by atoms with Gasteiger partial charge in [0.1, 0.15) is 5.82 Å². The van der Waals surface area contributed by atoms with Crippen LogP contribution in [-0.2, 0) is 13.1 Å². The Bertz CT molecular complexity index is 991. The van der Waals surface area contributed by atoms with Gasteiger partial charge in [-0.15, -0.1) is 0 Å². The number of aromatic amines is 1. The molecule has 1 N–H and O–H groups in total. The highest BCUT2D eigenvalue weighted by molar-refractivity contribution is 5.77. The molecule has 0 saturated carbocycles. The number of aromatic nitrogens is 2. The molecular formula is C19H19F2N3O3. The molecule has 27 heavy (non-hydrogen) atoms. The zero-order chi connectivity index (χ0) is 19.4. The van der Waals surface area contributed by atoms with Crippen LogP contribution in [0.1, 0.15) is 11.4 Å². The zero-order valence-electron chi connectivity index (χ0n) is 14.9. The highest BCUT2D eigenvalue weighted by atomic mass is 19.3. The fourth-order valence-electron chi connectivity index (χ4n) is 2.84. The molecule has 0 aliphatic rings. The lowest BCUT2D eigenvalue weighted by atomic mass is 10.2. The largest absolute Gasteiger partial charge is 0.493 e. The number of hydrogen-bond acceptors (Lipinski definition) is 5. The normalized spacial score (nSPS) is 11.3. The van der Waals surface area contributed by atoms with Crippen LogP contribution in [0, 0.1) is 0 Å². The molecule has 0 aliphatic carbocycles. The third-order valence-corrected chi connectivity index (χ3v) is 3.98. The lowest BCUT2D eigenvalue weighted by Gasteiger charge is -2.17. The molecule has 0 unspecified atom stereocenters. The van der Waals surface area contributed by atoms with Crippen molar-refractivity contribution in [3.8, 4) is 11.5 Å². The van der Waals surface area contributed by atoms with E-state index in [0.717, 1.165) is 5.56 Å². The molecule has 0 fully saturated rings. The Labute approximate surface area is 154 Å². The third kappa shape index (κ3) is 4.59. The molecule has 0 saturated heterocycles. The van der Waals surface area contributed by atoms with Gasteiger partial charge in [0.2, 0.25) is 0 Å². The summed E-state index contributed by atoms with van der Waals surface area (Å²) in [5.74, 6) is 0.767. The van der Waals surface area contributed by atoms with E-state index in [2.05, 4.69) is 14.7 Å². The number of nitrogens with zero attached hydrogens (tertiary/aromatic N) is 2. The molecule has 2 aromatic carbocycles. The van der Waals surface area contributed by atoms with Crippen molar-refractivity contribution in [3.63, 3.8) is 0 Å². The predicted molar refractivity (Wildman–Crippen MR) is 97.2 cm³/mol. The molecule has 1 aromatic heterocycles. The maximum atomic E-state index is 12.4. The first-order valence-electron chi connectivity index (χ1n) is 8.24. The minimum absolute atomic E-state index is 0.0144. The topological polar surface area (TPSA) is 67.5 Å². The minimum atomic E-state index is -2.91. The number of halogens is 2. The number of methoxy groups -OCH3 is 1. The summed E-state index contributed by atoms with van der Waals surface area (Å²) in [5.41, 5.74) is 1.30. The predicted octanol–water partition coefficient (Wildman–Crippen LogP) is 3.17. The van der Waals surface area contributed by atoms with Gasteiger partial charge in [0.05, 0.1) is 24.6 Å². The number of alkyl halides is 2. The number of nitrogens with one attached hydrogen (secondary N) is 1. The van der Waals surface area contributed by atoms with Crippen LogP contribution in [0.5, 0.6) is 11.5 Å². The number of benzene rings is 2. The van der Waals surface area contributed by atoms with Gasteiger partial charge in [-0.1, -0.05) is 18.2 Å². The maximum absolute atomic E-state index is 12.4. The summed E-state index contributed by atoms with van der Waals surface area (Å²) in [5, 5.41) is 0.545. The zero-order valence-corrected chi connectivity index (χ0v) is 14.9. The van der Waals surface area contributed by atoms with E-state index >= 15 is 0 Å². The molecule has 0 bridgehead atoms. The average molecular weight is 375 g/mol. The van der Waals surface area contributed by atoms with Crippen molar-refractivity contribution in [1.29, 1.82) is 0 Å². The summed E-state index contributed by atoms with van der Waals surface area (Å²) in [6.07, 6.45) is 0. The molecule has 3 rings (SSSR count). The second kappa shape index (κ2) is 8.13. The number of fused-ring (bicyclic) bond motifs is 1. The summed E-state index contributed by atoms with van der Waals surface area (Å²) in [7, 11) is 3.26. The quantitative estimate of drug-likeness (QED) is 0.687. The van der Waals surface area contributed by atoms with E-state index in [9.17, 15) is 13.6 Å². The highest BCUT2D eigenvalue weighted by Crippen LogP contribution is 2.29. The summed E-state index contributed by atoms with van der Waals surface area (Å²) >= 11 is 0. The second-order valence-corrected chi connectivity index (χ2v) is 6.07. The van der Waals surface area contributed by atoms with Crippen LogP contribution >= 0.6 is 0 Å². The Balaban J connectivity index is 1.74. The molecule has 8 heteroatoms. The van der Waals surface area contributed by atoms with Crippen LogP contribution in [0.15, 0.2) is 47.3 Å². The number of para-hydroxylation sites is 1. The summed E-state index contributed by atoms with van der Waals surface area (Å²) in [6.45, 7) is -2.00. The van der Waals surface area contributed by atoms with E-state index in [1.54, 1.807) is 30.3 Å². The fraction of sp³-hybridized carbons (Fsp3) is 0.263. The maximum Gasteiger partial charge on any atom is 0.387 e. The first-order chi connectivity index (χ1) is 13.0. The van der Waals surface area contributed by atoms with Crippen molar-refractivity contribution in [2.24, 2.45) is 0 Å². The molecule has 0 spiro atoms. The first kappa shape index (κ1) is 18.8. The van der Waals surface area contributed by atoms with Crippen molar-refractivity contribution in [1.82, 2.24) is 14.9 Å². The lowest BCUT2D eigenvalue weighted by Crippen LogP contribution is -2.21. The van der Waals surface area contributed by atoms with E-state index in [4.69, 9.17) is 4.74 Å². The van der Waals surface area contributed by atoms with Gasteiger partial charge >= 0.3 is 6.61 Å². The van der Waals surface area contributed by atoms with Gasteiger partial charge in [-0.3, -0.25) is 9.69 Å². The van der Waals surface area contributed by atoms with Gasteiger partial charge in [0.25, 0.3) is 5.56 Å². The smallest absolute Gasteiger partial charge is 0.387 e. The Kier molecular flexibility index (Phi) is 5.66.